The number of carboxylic acid groups (broad SMARTS) is 1. The fourth-order valence-electron chi connectivity index (χ4n) is 1.37. The highest BCUT2D eigenvalue weighted by molar-refractivity contribution is 9.10. The number of aromatic nitrogens is 1. The number of nitrogens with zero attached hydrogens (tertiary/aromatic N) is 1. The molecule has 2 rings (SSSR count). The molecule has 2 aromatic rings. The van der Waals surface area contributed by atoms with Crippen LogP contribution in [0.15, 0.2) is 34.1 Å². The van der Waals surface area contributed by atoms with Crippen LogP contribution >= 0.6 is 27.3 Å². The fourth-order valence-corrected chi connectivity index (χ4v) is 2.50. The molecular formula is C12H9BrN2O3S. The summed E-state index contributed by atoms with van der Waals surface area (Å²) < 4.78 is 0.903. The summed E-state index contributed by atoms with van der Waals surface area (Å²) in [5.74, 6) is -1.52. The van der Waals surface area contributed by atoms with Crippen LogP contribution in [0.4, 0.5) is 0 Å². The number of carboxylic acids is 1. The van der Waals surface area contributed by atoms with Crippen molar-refractivity contribution in [2.45, 2.75) is 6.54 Å². The van der Waals surface area contributed by atoms with Crippen LogP contribution in [-0.4, -0.2) is 22.0 Å². The summed E-state index contributed by atoms with van der Waals surface area (Å²) in [5.41, 5.74) is 0.821. The zero-order valence-corrected chi connectivity index (χ0v) is 12.0. The van der Waals surface area contributed by atoms with Crippen molar-refractivity contribution in [2.24, 2.45) is 0 Å². The predicted octanol–water partition coefficient (Wildman–Crippen LogP) is 2.53. The zero-order chi connectivity index (χ0) is 13.8. The van der Waals surface area contributed by atoms with Crippen LogP contribution in [0.25, 0.3) is 0 Å². The number of amides is 1. The van der Waals surface area contributed by atoms with Crippen molar-refractivity contribution in [3.63, 3.8) is 0 Å². The van der Waals surface area contributed by atoms with Gasteiger partial charge in [-0.2, -0.15) is 0 Å². The molecule has 0 fully saturated rings. The molecule has 5 nitrogen and oxygen atoms in total. The molecule has 0 aliphatic carbocycles. The minimum absolute atomic E-state index is 0.115. The Morgan fingerprint density at radius 2 is 2.11 bits per heavy atom. The largest absolute Gasteiger partial charge is 0.476 e. The normalized spacial score (nSPS) is 10.2. The van der Waals surface area contributed by atoms with Gasteiger partial charge in [0.25, 0.3) is 5.91 Å². The first-order valence-electron chi connectivity index (χ1n) is 5.28. The molecule has 0 radical (unpaired) electrons. The average molecular weight is 341 g/mol. The Balaban J connectivity index is 2.01. The second-order valence-corrected chi connectivity index (χ2v) is 5.33. The van der Waals surface area contributed by atoms with E-state index in [1.165, 1.54) is 5.38 Å². The number of nitrogens with one attached hydrogen (secondary N) is 1. The maximum Gasteiger partial charge on any atom is 0.355 e. The number of hydrogen-bond acceptors (Lipinski definition) is 4. The highest BCUT2D eigenvalue weighted by Gasteiger charge is 2.14. The topological polar surface area (TPSA) is 79.3 Å². The molecule has 0 spiro atoms. The lowest BCUT2D eigenvalue weighted by atomic mass is 10.2. The Morgan fingerprint density at radius 3 is 2.74 bits per heavy atom. The van der Waals surface area contributed by atoms with E-state index >= 15 is 0 Å². The fraction of sp³-hybridized carbons (Fsp3) is 0.0833. The maximum absolute atomic E-state index is 11.8. The van der Waals surface area contributed by atoms with Crippen LogP contribution in [0.5, 0.6) is 0 Å². The summed E-state index contributed by atoms with van der Waals surface area (Å²) in [6.07, 6.45) is 0. The number of carbonyl (C=O) groups excluding carboxylic acids is 1. The number of aromatic carboxylic acids is 1. The molecule has 1 aromatic carbocycles. The van der Waals surface area contributed by atoms with Crippen LogP contribution in [-0.2, 0) is 6.54 Å². The number of carbonyl (C=O) groups is 2. The summed E-state index contributed by atoms with van der Waals surface area (Å²) >= 11 is 4.39. The molecule has 0 saturated carbocycles. The second-order valence-electron chi connectivity index (χ2n) is 3.62. The zero-order valence-electron chi connectivity index (χ0n) is 9.59. The first kappa shape index (κ1) is 13.7. The number of benzene rings is 1. The molecule has 0 unspecified atom stereocenters. The van der Waals surface area contributed by atoms with E-state index in [0.29, 0.717) is 6.54 Å². The number of hydrogen-bond donors (Lipinski definition) is 2. The van der Waals surface area contributed by atoms with Gasteiger partial charge in [0.2, 0.25) is 0 Å². The lowest BCUT2D eigenvalue weighted by Gasteiger charge is -2.05. The van der Waals surface area contributed by atoms with E-state index in [4.69, 9.17) is 5.11 Å². The Kier molecular flexibility index (Phi) is 4.28. The van der Waals surface area contributed by atoms with Gasteiger partial charge in [0.15, 0.2) is 10.7 Å². The van der Waals surface area contributed by atoms with Crippen LogP contribution in [0.1, 0.15) is 25.9 Å². The van der Waals surface area contributed by atoms with Crippen molar-refractivity contribution < 1.29 is 14.7 Å². The van der Waals surface area contributed by atoms with Crippen molar-refractivity contribution in [1.82, 2.24) is 10.3 Å². The third-order valence-corrected chi connectivity index (χ3v) is 3.93. The number of rotatable bonds is 4. The van der Waals surface area contributed by atoms with E-state index < -0.39 is 5.97 Å². The highest BCUT2D eigenvalue weighted by atomic mass is 79.9. The van der Waals surface area contributed by atoms with Crippen molar-refractivity contribution in [3.8, 4) is 0 Å². The SMILES string of the molecule is O=C(O)c1csc(C(=O)NCc2ccccc2Br)n1. The lowest BCUT2D eigenvalue weighted by molar-refractivity contribution is 0.0691. The van der Waals surface area contributed by atoms with Crippen LogP contribution in [0.2, 0.25) is 0 Å². The molecule has 98 valence electrons. The Labute approximate surface area is 121 Å². The Bertz CT molecular complexity index is 627. The Morgan fingerprint density at radius 1 is 1.37 bits per heavy atom. The Hall–Kier alpha value is -1.73. The first-order chi connectivity index (χ1) is 9.08. The van der Waals surface area contributed by atoms with Crippen molar-refractivity contribution in [3.05, 3.63) is 50.4 Å². The van der Waals surface area contributed by atoms with Gasteiger partial charge < -0.3 is 10.4 Å². The van der Waals surface area contributed by atoms with E-state index in [9.17, 15) is 9.59 Å². The van der Waals surface area contributed by atoms with Crippen LogP contribution in [0, 0.1) is 0 Å². The smallest absolute Gasteiger partial charge is 0.355 e. The van der Waals surface area contributed by atoms with Gasteiger partial charge in [-0.3, -0.25) is 4.79 Å². The van der Waals surface area contributed by atoms with Crippen LogP contribution in [0.3, 0.4) is 0 Å². The monoisotopic (exact) mass is 340 g/mol. The molecule has 0 atom stereocenters. The summed E-state index contributed by atoms with van der Waals surface area (Å²) in [4.78, 5) is 26.2. The van der Waals surface area contributed by atoms with E-state index in [0.717, 1.165) is 21.4 Å². The molecule has 0 aliphatic rings. The van der Waals surface area contributed by atoms with E-state index in [2.05, 4.69) is 26.2 Å². The van der Waals surface area contributed by atoms with Gasteiger partial charge >= 0.3 is 5.97 Å². The minimum Gasteiger partial charge on any atom is -0.476 e. The van der Waals surface area contributed by atoms with Crippen molar-refractivity contribution in [1.29, 1.82) is 0 Å². The quantitative estimate of drug-likeness (QED) is 0.896. The molecule has 1 heterocycles. The molecule has 2 N–H and O–H groups in total. The molecule has 1 amide bonds. The van der Waals surface area contributed by atoms with Crippen LogP contribution < -0.4 is 5.32 Å². The molecule has 0 saturated heterocycles. The summed E-state index contributed by atoms with van der Waals surface area (Å²) in [6.45, 7) is 0.349. The van der Waals surface area contributed by atoms with Gasteiger partial charge in [-0.25, -0.2) is 9.78 Å². The van der Waals surface area contributed by atoms with Gasteiger partial charge in [0, 0.05) is 16.4 Å². The average Bonchev–Trinajstić information content (AvgIpc) is 2.87. The van der Waals surface area contributed by atoms with E-state index in [1.807, 2.05) is 24.3 Å². The minimum atomic E-state index is -1.14. The second kappa shape index (κ2) is 5.94. The van der Waals surface area contributed by atoms with E-state index in [1.54, 1.807) is 0 Å². The van der Waals surface area contributed by atoms with E-state index in [-0.39, 0.29) is 16.6 Å². The molecule has 1 aromatic heterocycles. The molecule has 0 aliphatic heterocycles. The number of halogens is 1. The summed E-state index contributed by atoms with van der Waals surface area (Å²) in [6, 6.07) is 7.52. The maximum atomic E-state index is 11.8. The molecule has 0 bridgehead atoms. The van der Waals surface area contributed by atoms with Crippen molar-refractivity contribution in [2.75, 3.05) is 0 Å². The van der Waals surface area contributed by atoms with Gasteiger partial charge in [-0.1, -0.05) is 34.1 Å². The first-order valence-corrected chi connectivity index (χ1v) is 6.95. The van der Waals surface area contributed by atoms with Gasteiger partial charge in [0.1, 0.15) is 0 Å². The standard InChI is InChI=1S/C12H9BrN2O3S/c13-8-4-2-1-3-7(8)5-14-10(16)11-15-9(6-19-11)12(17)18/h1-4,6H,5H2,(H,14,16)(H,17,18). The molecule has 7 heteroatoms. The lowest BCUT2D eigenvalue weighted by Crippen LogP contribution is -2.23. The number of thiazole rings is 1. The molecular weight excluding hydrogens is 332 g/mol. The summed E-state index contributed by atoms with van der Waals surface area (Å²) in [5, 5.41) is 12.9. The third kappa shape index (κ3) is 3.39. The van der Waals surface area contributed by atoms with Gasteiger partial charge in [-0.05, 0) is 11.6 Å². The van der Waals surface area contributed by atoms with Crippen molar-refractivity contribution >= 4 is 39.1 Å². The third-order valence-electron chi connectivity index (χ3n) is 2.31. The van der Waals surface area contributed by atoms with Gasteiger partial charge in [0.05, 0.1) is 0 Å². The molecule has 19 heavy (non-hydrogen) atoms. The predicted molar refractivity (Wildman–Crippen MR) is 74.4 cm³/mol. The van der Waals surface area contributed by atoms with Gasteiger partial charge in [-0.15, -0.1) is 11.3 Å². The highest BCUT2D eigenvalue weighted by Crippen LogP contribution is 2.16. The summed E-state index contributed by atoms with van der Waals surface area (Å²) in [7, 11) is 0.